The number of ether oxygens (including phenoxy) is 1. The first-order valence-electron chi connectivity index (χ1n) is 14.9. The highest BCUT2D eigenvalue weighted by Gasteiger charge is 2.57. The molecule has 12 heteroatoms. The van der Waals surface area contributed by atoms with Crippen molar-refractivity contribution in [3.8, 4) is 11.5 Å². The van der Waals surface area contributed by atoms with E-state index in [9.17, 15) is 18.8 Å². The number of nitrogens with zero attached hydrogens (tertiary/aromatic N) is 4. The maximum absolute atomic E-state index is 15.4. The zero-order valence-corrected chi connectivity index (χ0v) is 24.2. The molecule has 3 aliphatic rings. The second kappa shape index (κ2) is 12.2. The fraction of sp³-hybridized carbons (Fsp3) is 0.375. The molecule has 2 saturated heterocycles. The van der Waals surface area contributed by atoms with E-state index in [1.54, 1.807) is 4.90 Å². The number of carbonyl (C=O) groups excluding carboxylic acids is 3. The molecule has 2 aromatic carbocycles. The van der Waals surface area contributed by atoms with Crippen molar-refractivity contribution in [1.82, 2.24) is 14.8 Å². The zero-order chi connectivity index (χ0) is 30.8. The maximum Gasteiger partial charge on any atom is 0.323 e. The SMILES string of the molecule is NC(=O)C1(C(=O)N(c2ccc(F)cc2)c2ccc(Oc3ccnc(NC(=O)N4CCC(N5CCCC5)CC4)c3)c(F)c2)CC1. The molecule has 2 aliphatic heterocycles. The minimum absolute atomic E-state index is 0.121. The summed E-state index contributed by atoms with van der Waals surface area (Å²) < 4.78 is 34.8. The third kappa shape index (κ3) is 6.07. The summed E-state index contributed by atoms with van der Waals surface area (Å²) in [4.78, 5) is 48.2. The first kappa shape index (κ1) is 29.5. The number of benzene rings is 2. The van der Waals surface area contributed by atoms with Crippen LogP contribution in [0.15, 0.2) is 60.8 Å². The topological polar surface area (TPSA) is 121 Å². The third-order valence-electron chi connectivity index (χ3n) is 8.70. The van der Waals surface area contributed by atoms with Crippen molar-refractivity contribution in [3.63, 3.8) is 0 Å². The van der Waals surface area contributed by atoms with Crippen LogP contribution >= 0.6 is 0 Å². The van der Waals surface area contributed by atoms with Crippen LogP contribution in [0.2, 0.25) is 0 Å². The molecule has 6 rings (SSSR count). The lowest BCUT2D eigenvalue weighted by molar-refractivity contribution is -0.133. The van der Waals surface area contributed by atoms with E-state index in [4.69, 9.17) is 10.5 Å². The second-order valence-corrected chi connectivity index (χ2v) is 11.5. The summed E-state index contributed by atoms with van der Waals surface area (Å²) in [7, 11) is 0. The molecule has 0 unspecified atom stereocenters. The molecule has 1 aliphatic carbocycles. The van der Waals surface area contributed by atoms with Gasteiger partial charge in [0.1, 0.15) is 22.8 Å². The Kier molecular flexibility index (Phi) is 8.17. The van der Waals surface area contributed by atoms with Crippen molar-refractivity contribution in [3.05, 3.63) is 72.4 Å². The molecule has 0 bridgehead atoms. The van der Waals surface area contributed by atoms with Crippen molar-refractivity contribution in [2.75, 3.05) is 36.4 Å². The number of likely N-dealkylation sites (tertiary alicyclic amines) is 2. The number of amides is 4. The Labute approximate surface area is 253 Å². The van der Waals surface area contributed by atoms with Gasteiger partial charge < -0.3 is 20.3 Å². The van der Waals surface area contributed by atoms with Crippen LogP contribution in [0.4, 0.5) is 30.8 Å². The summed E-state index contributed by atoms with van der Waals surface area (Å²) in [6, 6.07) is 12.3. The Bertz CT molecular complexity index is 1550. The fourth-order valence-corrected chi connectivity index (χ4v) is 5.99. The van der Waals surface area contributed by atoms with E-state index in [0.717, 1.165) is 36.9 Å². The van der Waals surface area contributed by atoms with E-state index < -0.39 is 28.9 Å². The highest BCUT2D eigenvalue weighted by atomic mass is 19.1. The zero-order valence-electron chi connectivity index (χ0n) is 24.2. The molecule has 0 spiro atoms. The number of pyridine rings is 1. The van der Waals surface area contributed by atoms with Gasteiger partial charge in [-0.15, -0.1) is 0 Å². The average Bonchev–Trinajstić information content (AvgIpc) is 3.67. The molecule has 10 nitrogen and oxygen atoms in total. The van der Waals surface area contributed by atoms with Gasteiger partial charge in [0.05, 0.1) is 5.69 Å². The van der Waals surface area contributed by atoms with Crippen LogP contribution in [-0.2, 0) is 9.59 Å². The van der Waals surface area contributed by atoms with Gasteiger partial charge in [-0.25, -0.2) is 18.6 Å². The number of primary amides is 1. The maximum atomic E-state index is 15.4. The number of nitrogens with two attached hydrogens (primary N) is 1. The summed E-state index contributed by atoms with van der Waals surface area (Å²) in [5, 5.41) is 2.80. The van der Waals surface area contributed by atoms with Gasteiger partial charge in [0.2, 0.25) is 11.8 Å². The predicted molar refractivity (Wildman–Crippen MR) is 160 cm³/mol. The van der Waals surface area contributed by atoms with Crippen LogP contribution in [0.25, 0.3) is 0 Å². The molecule has 1 saturated carbocycles. The van der Waals surface area contributed by atoms with Crippen LogP contribution < -0.4 is 20.7 Å². The lowest BCUT2D eigenvalue weighted by atomic mass is 10.0. The van der Waals surface area contributed by atoms with Crippen molar-refractivity contribution in [1.29, 1.82) is 0 Å². The summed E-state index contributed by atoms with van der Waals surface area (Å²) >= 11 is 0. The average molecular weight is 605 g/mol. The third-order valence-corrected chi connectivity index (χ3v) is 8.70. The number of carbonyl (C=O) groups is 3. The highest BCUT2D eigenvalue weighted by molar-refractivity contribution is 6.16. The summed E-state index contributed by atoms with van der Waals surface area (Å²) in [5.41, 5.74) is 4.52. The van der Waals surface area contributed by atoms with Crippen LogP contribution in [0, 0.1) is 17.0 Å². The number of hydrogen-bond donors (Lipinski definition) is 2. The van der Waals surface area contributed by atoms with Gasteiger partial charge in [0.25, 0.3) is 0 Å². The van der Waals surface area contributed by atoms with Crippen molar-refractivity contribution in [2.24, 2.45) is 11.1 Å². The Morgan fingerprint density at radius 2 is 1.61 bits per heavy atom. The minimum atomic E-state index is -1.39. The number of urea groups is 1. The van der Waals surface area contributed by atoms with Gasteiger partial charge in [-0.2, -0.15) is 0 Å². The van der Waals surface area contributed by atoms with E-state index in [2.05, 4.69) is 15.2 Å². The normalized spacial score (nSPS) is 18.1. The summed E-state index contributed by atoms with van der Waals surface area (Å²) in [6.45, 7) is 3.60. The lowest BCUT2D eigenvalue weighted by Crippen LogP contribution is -2.47. The smallest absolute Gasteiger partial charge is 0.323 e. The number of anilines is 3. The Morgan fingerprint density at radius 1 is 0.932 bits per heavy atom. The monoisotopic (exact) mass is 604 g/mol. The Hall–Kier alpha value is -4.58. The van der Waals surface area contributed by atoms with Gasteiger partial charge in [-0.3, -0.25) is 19.8 Å². The standard InChI is InChI=1S/C32H34F2N6O4/c33-21-3-5-23(6-4-21)40(30(42)32(12-13-32)29(35)41)24-7-8-27(26(34)19-24)44-25-9-14-36-28(20-25)37-31(43)39-17-10-22(11-18-39)38-15-1-2-16-38/h3-9,14,19-20,22H,1-2,10-13,15-18H2,(H2,35,41)(H,36,37,43). The van der Waals surface area contributed by atoms with Gasteiger partial charge in [-0.1, -0.05) is 0 Å². The van der Waals surface area contributed by atoms with Crippen molar-refractivity contribution < 1.29 is 27.9 Å². The predicted octanol–water partition coefficient (Wildman–Crippen LogP) is 5.17. The Balaban J connectivity index is 1.14. The second-order valence-electron chi connectivity index (χ2n) is 11.5. The quantitative estimate of drug-likeness (QED) is 0.342. The number of halogens is 2. The van der Waals surface area contributed by atoms with Crippen molar-refractivity contribution >= 4 is 35.0 Å². The van der Waals surface area contributed by atoms with Crippen LogP contribution in [0.3, 0.4) is 0 Å². The van der Waals surface area contributed by atoms with E-state index in [1.165, 1.54) is 67.6 Å². The van der Waals surface area contributed by atoms with Crippen LogP contribution in [0.5, 0.6) is 11.5 Å². The molecule has 4 amide bonds. The molecule has 3 heterocycles. The molecular weight excluding hydrogens is 570 g/mol. The number of piperidine rings is 1. The molecule has 0 radical (unpaired) electrons. The first-order valence-corrected chi connectivity index (χ1v) is 14.9. The number of aromatic nitrogens is 1. The van der Waals surface area contributed by atoms with Gasteiger partial charge in [-0.05, 0) is 94.1 Å². The van der Waals surface area contributed by atoms with E-state index in [-0.39, 0.29) is 47.6 Å². The molecule has 3 N–H and O–H groups in total. The van der Waals surface area contributed by atoms with Gasteiger partial charge in [0.15, 0.2) is 11.6 Å². The molecule has 3 aromatic rings. The van der Waals surface area contributed by atoms with Crippen LogP contribution in [0.1, 0.15) is 38.5 Å². The summed E-state index contributed by atoms with van der Waals surface area (Å²) in [5.74, 6) is -2.30. The highest BCUT2D eigenvalue weighted by Crippen LogP contribution is 2.49. The molecular formula is C32H34F2N6O4. The van der Waals surface area contributed by atoms with Crippen LogP contribution in [-0.4, -0.2) is 64.9 Å². The largest absolute Gasteiger partial charge is 0.454 e. The number of rotatable bonds is 8. The summed E-state index contributed by atoms with van der Waals surface area (Å²) in [6.07, 6.45) is 6.36. The number of nitrogens with one attached hydrogen (secondary N) is 1. The van der Waals surface area contributed by atoms with E-state index in [0.29, 0.717) is 19.1 Å². The number of hydrogen-bond acceptors (Lipinski definition) is 6. The molecule has 0 atom stereocenters. The van der Waals surface area contributed by atoms with E-state index in [1.807, 2.05) is 0 Å². The van der Waals surface area contributed by atoms with Gasteiger partial charge in [0, 0.05) is 43.1 Å². The molecule has 1 aromatic heterocycles. The molecule has 44 heavy (non-hydrogen) atoms. The lowest BCUT2D eigenvalue weighted by Gasteiger charge is -2.36. The first-order chi connectivity index (χ1) is 21.2. The molecule has 3 fully saturated rings. The minimum Gasteiger partial charge on any atom is -0.454 e. The van der Waals surface area contributed by atoms with Gasteiger partial charge >= 0.3 is 6.03 Å². The van der Waals surface area contributed by atoms with Crippen molar-refractivity contribution in [2.45, 2.75) is 44.6 Å². The van der Waals surface area contributed by atoms with E-state index >= 15 is 4.39 Å². The fourth-order valence-electron chi connectivity index (χ4n) is 5.99. The molecule has 230 valence electrons. The Morgan fingerprint density at radius 3 is 2.25 bits per heavy atom.